The third-order valence-electron chi connectivity index (χ3n) is 15.3. The van der Waals surface area contributed by atoms with Crippen LogP contribution in [0.4, 0.5) is 0 Å². The van der Waals surface area contributed by atoms with E-state index in [0.29, 0.717) is 0 Å². The summed E-state index contributed by atoms with van der Waals surface area (Å²) in [4.78, 5) is 0. The smallest absolute Gasteiger partial charge is 0.0541 e. The first-order valence-corrected chi connectivity index (χ1v) is 27.5. The van der Waals surface area contributed by atoms with Crippen molar-refractivity contribution in [2.75, 3.05) is 0 Å². The summed E-state index contributed by atoms with van der Waals surface area (Å²) in [6.07, 6.45) is 4.86. The molecule has 0 N–H and O–H groups in total. The predicted molar refractivity (Wildman–Crippen MR) is 330 cm³/mol. The molecule has 3 heterocycles. The topological polar surface area (TPSA) is 9.86 Å². The van der Waals surface area contributed by atoms with Gasteiger partial charge in [0.2, 0.25) is 0 Å². The summed E-state index contributed by atoms with van der Waals surface area (Å²) in [7, 11) is 0. The van der Waals surface area contributed by atoms with Gasteiger partial charge in [0.1, 0.15) is 0 Å². The first-order chi connectivity index (χ1) is 37.6. The second-order valence-corrected chi connectivity index (χ2v) is 20.5. The van der Waals surface area contributed by atoms with Crippen molar-refractivity contribution in [1.29, 1.82) is 0 Å². The molecule has 1 aliphatic rings. The minimum absolute atomic E-state index is 0.861. The van der Waals surface area contributed by atoms with Gasteiger partial charge in [-0.3, -0.25) is 0 Å². The molecule has 0 aliphatic heterocycles. The molecule has 0 fully saturated rings. The van der Waals surface area contributed by atoms with E-state index in [2.05, 4.69) is 252 Å². The highest BCUT2D eigenvalue weighted by Crippen LogP contribution is 2.49. The minimum atomic E-state index is 0.861. The largest absolute Gasteiger partial charge is 0.309 e. The highest BCUT2D eigenvalue weighted by molar-refractivity contribution is 7.25. The SMILES string of the molecule is C/C=C\C.CC.c1ccc(-n2c3ccccc3c3cc(-c4ccccc4-c4ccc5c(c4)-c4cc(-c6ccc7sc8ccccc8c7c6)cc(-c6ccccc6-n6c7ccccc7c7ccccc76)c4C5)ccc32)cc1. The van der Waals surface area contributed by atoms with Crippen LogP contribution >= 0.6 is 11.3 Å². The van der Waals surface area contributed by atoms with E-state index in [4.69, 9.17) is 0 Å². The van der Waals surface area contributed by atoms with Crippen LogP contribution in [0, 0.1) is 0 Å². The van der Waals surface area contributed by atoms with Crippen molar-refractivity contribution < 1.29 is 0 Å². The van der Waals surface area contributed by atoms with Crippen molar-refractivity contribution in [3.63, 3.8) is 0 Å². The Morgan fingerprint density at radius 2 is 0.803 bits per heavy atom. The number of aromatic nitrogens is 2. The molecular weight excluding hydrogens is 937 g/mol. The van der Waals surface area contributed by atoms with E-state index in [1.807, 2.05) is 51.2 Å². The molecule has 3 aromatic heterocycles. The van der Waals surface area contributed by atoms with Gasteiger partial charge in [-0.25, -0.2) is 0 Å². The Balaban J connectivity index is 0.000000883. The molecule has 2 nitrogen and oxygen atoms in total. The summed E-state index contributed by atoms with van der Waals surface area (Å²) in [5.74, 6) is 0. The minimum Gasteiger partial charge on any atom is -0.309 e. The number of para-hydroxylation sites is 5. The Morgan fingerprint density at radius 1 is 0.329 bits per heavy atom. The maximum absolute atomic E-state index is 2.48. The normalized spacial score (nSPS) is 11.8. The van der Waals surface area contributed by atoms with Crippen molar-refractivity contribution in [1.82, 2.24) is 9.13 Å². The van der Waals surface area contributed by atoms with Gasteiger partial charge in [0.05, 0.1) is 27.8 Å². The fourth-order valence-electron chi connectivity index (χ4n) is 11.8. The molecule has 15 rings (SSSR count). The molecule has 11 aromatic carbocycles. The quantitative estimate of drug-likeness (QED) is 0.147. The van der Waals surface area contributed by atoms with Crippen LogP contribution in [-0.4, -0.2) is 9.13 Å². The molecule has 0 spiro atoms. The average molecular weight is 993 g/mol. The molecule has 3 heteroatoms. The van der Waals surface area contributed by atoms with Crippen LogP contribution in [0.1, 0.15) is 38.8 Å². The zero-order chi connectivity index (χ0) is 51.3. The zero-order valence-corrected chi connectivity index (χ0v) is 44.1. The van der Waals surface area contributed by atoms with E-state index in [1.165, 1.54) is 142 Å². The first kappa shape index (κ1) is 46.7. The number of benzene rings is 11. The Labute approximate surface area is 448 Å². The third-order valence-corrected chi connectivity index (χ3v) is 16.5. The van der Waals surface area contributed by atoms with Gasteiger partial charge in [-0.2, -0.15) is 0 Å². The van der Waals surface area contributed by atoms with Gasteiger partial charge in [0, 0.05) is 53.0 Å². The van der Waals surface area contributed by atoms with Crippen LogP contribution < -0.4 is 0 Å². The fourth-order valence-corrected chi connectivity index (χ4v) is 12.9. The van der Waals surface area contributed by atoms with E-state index in [9.17, 15) is 0 Å². The molecule has 1 aliphatic carbocycles. The Bertz CT molecular complexity index is 4480. The van der Waals surface area contributed by atoms with Gasteiger partial charge < -0.3 is 9.13 Å². The lowest BCUT2D eigenvalue weighted by molar-refractivity contribution is 1.18. The molecule has 0 bridgehead atoms. The maximum Gasteiger partial charge on any atom is 0.0541 e. The lowest BCUT2D eigenvalue weighted by atomic mass is 9.89. The molecule has 0 atom stereocenters. The van der Waals surface area contributed by atoms with Crippen LogP contribution in [-0.2, 0) is 6.42 Å². The van der Waals surface area contributed by atoms with Crippen molar-refractivity contribution >= 4 is 75.1 Å². The summed E-state index contributed by atoms with van der Waals surface area (Å²) >= 11 is 1.87. The van der Waals surface area contributed by atoms with Crippen LogP contribution in [0.25, 0.3) is 131 Å². The third kappa shape index (κ3) is 7.77. The average Bonchev–Trinajstić information content (AvgIpc) is 4.32. The number of thiophene rings is 1. The molecule has 0 amide bonds. The molecule has 14 aromatic rings. The van der Waals surface area contributed by atoms with Gasteiger partial charge in [0.15, 0.2) is 0 Å². The monoisotopic (exact) mass is 992 g/mol. The number of nitrogens with zero attached hydrogens (tertiary/aromatic N) is 2. The standard InChI is InChI=1S/C67H42N2S.C4H8.C2H6/c1-2-16-47(17-3-1)68-61-25-11-9-23-53(61)59-39-44(32-34-65(59)68)49-19-5-4-18-48(49)43-30-31-45-38-58-56(52-22-8-14-28-64(52)69-62-26-12-6-20-50(62)51-21-7-13-27-63(51)69)40-46(41-57(58)55(45)37-43)42-33-35-67-60(36-42)54-24-10-15-29-66(54)70-67;1-3-4-2;1-2/h1-37,39-41H,38H2;3-4H,1-2H3;1-2H3/b;4-3-;. The van der Waals surface area contributed by atoms with Gasteiger partial charge in [-0.1, -0.05) is 184 Å². The van der Waals surface area contributed by atoms with Crippen LogP contribution in [0.2, 0.25) is 0 Å². The van der Waals surface area contributed by atoms with Gasteiger partial charge >= 0.3 is 0 Å². The highest BCUT2D eigenvalue weighted by Gasteiger charge is 2.27. The number of hydrogen-bond donors (Lipinski definition) is 0. The summed E-state index contributed by atoms with van der Waals surface area (Å²) in [6.45, 7) is 8.00. The second kappa shape index (κ2) is 19.7. The molecule has 0 saturated carbocycles. The fraction of sp³-hybridized carbons (Fsp3) is 0.0685. The predicted octanol–water partition coefficient (Wildman–Crippen LogP) is 21.1. The second-order valence-electron chi connectivity index (χ2n) is 19.4. The summed E-state index contributed by atoms with van der Waals surface area (Å²) < 4.78 is 7.52. The number of fused-ring (bicyclic) bond motifs is 12. The Kier molecular flexibility index (Phi) is 12.1. The van der Waals surface area contributed by atoms with Gasteiger partial charge in [-0.05, 0) is 166 Å². The summed E-state index contributed by atoms with van der Waals surface area (Å²) in [6, 6.07) is 90.3. The lowest BCUT2D eigenvalue weighted by Crippen LogP contribution is -1.99. The van der Waals surface area contributed by atoms with Crippen LogP contribution in [0.5, 0.6) is 0 Å². The Morgan fingerprint density at radius 3 is 1.49 bits per heavy atom. The highest BCUT2D eigenvalue weighted by atomic mass is 32.1. The van der Waals surface area contributed by atoms with Gasteiger partial charge in [-0.15, -0.1) is 11.3 Å². The molecule has 0 radical (unpaired) electrons. The molecular formula is C73H56N2S. The summed E-state index contributed by atoms with van der Waals surface area (Å²) in [5, 5.41) is 7.67. The van der Waals surface area contributed by atoms with Crippen LogP contribution in [0.15, 0.2) is 255 Å². The van der Waals surface area contributed by atoms with E-state index in [-0.39, 0.29) is 0 Å². The molecule has 76 heavy (non-hydrogen) atoms. The number of hydrogen-bond acceptors (Lipinski definition) is 1. The molecule has 0 unspecified atom stereocenters. The van der Waals surface area contributed by atoms with Crippen LogP contribution in [0.3, 0.4) is 0 Å². The zero-order valence-electron chi connectivity index (χ0n) is 43.3. The molecule has 0 saturated heterocycles. The van der Waals surface area contributed by atoms with E-state index >= 15 is 0 Å². The first-order valence-electron chi connectivity index (χ1n) is 26.7. The van der Waals surface area contributed by atoms with E-state index < -0.39 is 0 Å². The van der Waals surface area contributed by atoms with E-state index in [1.54, 1.807) is 0 Å². The maximum atomic E-state index is 2.48. The number of rotatable bonds is 6. The number of allylic oxidation sites excluding steroid dienone is 2. The van der Waals surface area contributed by atoms with Gasteiger partial charge in [0.25, 0.3) is 0 Å². The lowest BCUT2D eigenvalue weighted by Gasteiger charge is -2.18. The van der Waals surface area contributed by atoms with E-state index in [0.717, 1.165) is 6.42 Å². The van der Waals surface area contributed by atoms with Crippen molar-refractivity contribution in [3.05, 3.63) is 266 Å². The molecule has 364 valence electrons. The Hall–Kier alpha value is -9.02. The van der Waals surface area contributed by atoms with Crippen molar-refractivity contribution in [2.45, 2.75) is 34.1 Å². The van der Waals surface area contributed by atoms with Crippen molar-refractivity contribution in [3.8, 4) is 67.0 Å². The summed E-state index contributed by atoms with van der Waals surface area (Å²) in [5.41, 5.74) is 22.4. The van der Waals surface area contributed by atoms with Crippen molar-refractivity contribution in [2.24, 2.45) is 0 Å².